The summed E-state index contributed by atoms with van der Waals surface area (Å²) in [6.45, 7) is -0.276. The van der Waals surface area contributed by atoms with E-state index in [0.717, 1.165) is 4.88 Å². The lowest BCUT2D eigenvalue weighted by atomic mass is 10.2. The molecule has 1 aromatic heterocycles. The van der Waals surface area contributed by atoms with Crippen molar-refractivity contribution < 1.29 is 19.4 Å². The predicted molar refractivity (Wildman–Crippen MR) is 82.0 cm³/mol. The number of nitrogens with one attached hydrogen (secondary N) is 1. The van der Waals surface area contributed by atoms with Crippen LogP contribution in [0.4, 0.5) is 5.13 Å². The SMILES string of the molecule is NC(=O)COc1ccccc1C(=O)Nc1ncc(CCO)s1. The van der Waals surface area contributed by atoms with E-state index in [0.29, 0.717) is 11.6 Å². The maximum absolute atomic E-state index is 12.3. The number of hydrogen-bond donors (Lipinski definition) is 3. The van der Waals surface area contributed by atoms with Gasteiger partial charge in [-0.1, -0.05) is 12.1 Å². The molecule has 0 spiro atoms. The van der Waals surface area contributed by atoms with Crippen LogP contribution in [0.5, 0.6) is 5.75 Å². The summed E-state index contributed by atoms with van der Waals surface area (Å²) in [6.07, 6.45) is 2.10. The Kier molecular flexibility index (Phi) is 5.45. The molecule has 7 nitrogen and oxygen atoms in total. The highest BCUT2D eigenvalue weighted by Crippen LogP contribution is 2.22. The van der Waals surface area contributed by atoms with Crippen LogP contribution in [0.3, 0.4) is 0 Å². The van der Waals surface area contributed by atoms with Crippen LogP contribution >= 0.6 is 11.3 Å². The third-order valence-corrected chi connectivity index (χ3v) is 3.61. The molecule has 2 aromatic rings. The number of aromatic nitrogens is 1. The number of ether oxygens (including phenoxy) is 1. The van der Waals surface area contributed by atoms with Gasteiger partial charge in [0, 0.05) is 24.1 Å². The van der Waals surface area contributed by atoms with Crippen molar-refractivity contribution >= 4 is 28.3 Å². The number of amides is 2. The number of rotatable bonds is 7. The van der Waals surface area contributed by atoms with Gasteiger partial charge in [-0.05, 0) is 12.1 Å². The van der Waals surface area contributed by atoms with Crippen LogP contribution in [0.1, 0.15) is 15.2 Å². The molecule has 0 unspecified atom stereocenters. The first-order valence-electron chi connectivity index (χ1n) is 6.47. The van der Waals surface area contributed by atoms with Crippen molar-refractivity contribution in [1.82, 2.24) is 4.98 Å². The van der Waals surface area contributed by atoms with Gasteiger partial charge in [0.05, 0.1) is 5.56 Å². The highest BCUT2D eigenvalue weighted by molar-refractivity contribution is 7.15. The number of nitrogens with two attached hydrogens (primary N) is 1. The number of nitrogens with zero attached hydrogens (tertiary/aromatic N) is 1. The largest absolute Gasteiger partial charge is 0.483 e. The van der Waals surface area contributed by atoms with Crippen LogP contribution in [0.2, 0.25) is 0 Å². The van der Waals surface area contributed by atoms with Crippen molar-refractivity contribution in [2.45, 2.75) is 6.42 Å². The molecule has 1 aromatic carbocycles. The molecule has 0 fully saturated rings. The Hall–Kier alpha value is -2.45. The topological polar surface area (TPSA) is 115 Å². The van der Waals surface area contributed by atoms with Crippen molar-refractivity contribution in [3.8, 4) is 5.75 Å². The zero-order valence-corrected chi connectivity index (χ0v) is 12.4. The van der Waals surface area contributed by atoms with Gasteiger partial charge in [-0.25, -0.2) is 4.98 Å². The van der Waals surface area contributed by atoms with E-state index in [-0.39, 0.29) is 24.5 Å². The number of aliphatic hydroxyl groups is 1. The van der Waals surface area contributed by atoms with Gasteiger partial charge in [0.15, 0.2) is 11.7 Å². The fourth-order valence-electron chi connectivity index (χ4n) is 1.68. The number of primary amides is 1. The fraction of sp³-hybridized carbons (Fsp3) is 0.214. The van der Waals surface area contributed by atoms with Crippen molar-refractivity contribution in [2.24, 2.45) is 5.73 Å². The van der Waals surface area contributed by atoms with Gasteiger partial charge >= 0.3 is 0 Å². The smallest absolute Gasteiger partial charge is 0.261 e. The van der Waals surface area contributed by atoms with E-state index in [9.17, 15) is 9.59 Å². The molecule has 4 N–H and O–H groups in total. The average molecular weight is 321 g/mol. The molecular formula is C14H15N3O4S. The molecule has 0 bridgehead atoms. The Morgan fingerprint density at radius 1 is 1.36 bits per heavy atom. The maximum Gasteiger partial charge on any atom is 0.261 e. The highest BCUT2D eigenvalue weighted by Gasteiger charge is 2.14. The summed E-state index contributed by atoms with van der Waals surface area (Å²) in [6, 6.07) is 6.53. The quantitative estimate of drug-likeness (QED) is 0.697. The molecule has 116 valence electrons. The Morgan fingerprint density at radius 2 is 2.14 bits per heavy atom. The van der Waals surface area contributed by atoms with E-state index in [2.05, 4.69) is 10.3 Å². The van der Waals surface area contributed by atoms with Gasteiger partial charge in [-0.15, -0.1) is 11.3 Å². The number of anilines is 1. The molecule has 0 aliphatic rings. The Balaban J connectivity index is 2.09. The van der Waals surface area contributed by atoms with Crippen LogP contribution < -0.4 is 15.8 Å². The van der Waals surface area contributed by atoms with Gasteiger partial charge in [0.25, 0.3) is 11.8 Å². The Morgan fingerprint density at radius 3 is 2.86 bits per heavy atom. The lowest BCUT2D eigenvalue weighted by Crippen LogP contribution is -2.21. The van der Waals surface area contributed by atoms with Crippen LogP contribution in [0.15, 0.2) is 30.5 Å². The summed E-state index contributed by atoms with van der Waals surface area (Å²) in [4.78, 5) is 28.0. The first kappa shape index (κ1) is 15.9. The Bertz CT molecular complexity index is 672. The third kappa shape index (κ3) is 4.27. The molecular weight excluding hydrogens is 306 g/mol. The second-order valence-corrected chi connectivity index (χ2v) is 5.43. The minimum Gasteiger partial charge on any atom is -0.483 e. The summed E-state index contributed by atoms with van der Waals surface area (Å²) < 4.78 is 5.22. The number of carbonyl (C=O) groups excluding carboxylic acids is 2. The van der Waals surface area contributed by atoms with E-state index in [1.807, 2.05) is 0 Å². The molecule has 0 aliphatic heterocycles. The van der Waals surface area contributed by atoms with Gasteiger partial charge in [-0.3, -0.25) is 14.9 Å². The summed E-state index contributed by atoms with van der Waals surface area (Å²) in [5.41, 5.74) is 5.31. The van der Waals surface area contributed by atoms with Gasteiger partial charge < -0.3 is 15.6 Å². The first-order valence-corrected chi connectivity index (χ1v) is 7.29. The van der Waals surface area contributed by atoms with Crippen LogP contribution in [-0.4, -0.2) is 35.1 Å². The molecule has 0 radical (unpaired) electrons. The number of aliphatic hydroxyl groups excluding tert-OH is 1. The molecule has 0 saturated heterocycles. The molecule has 0 atom stereocenters. The maximum atomic E-state index is 12.3. The molecule has 0 aliphatic carbocycles. The lowest BCUT2D eigenvalue weighted by molar-refractivity contribution is -0.119. The first-order chi connectivity index (χ1) is 10.6. The minimum absolute atomic E-state index is 0.0272. The Labute approximate surface area is 130 Å². The highest BCUT2D eigenvalue weighted by atomic mass is 32.1. The molecule has 2 amide bonds. The van der Waals surface area contributed by atoms with E-state index in [4.69, 9.17) is 15.6 Å². The summed E-state index contributed by atoms with van der Waals surface area (Å²) in [5, 5.41) is 12.0. The fourth-order valence-corrected chi connectivity index (χ4v) is 2.48. The monoisotopic (exact) mass is 321 g/mol. The molecule has 22 heavy (non-hydrogen) atoms. The summed E-state index contributed by atoms with van der Waals surface area (Å²) in [5.74, 6) is -0.750. The second-order valence-electron chi connectivity index (χ2n) is 4.31. The van der Waals surface area contributed by atoms with E-state index in [1.165, 1.54) is 11.3 Å². The normalized spacial score (nSPS) is 10.2. The van der Waals surface area contributed by atoms with Crippen molar-refractivity contribution in [1.29, 1.82) is 0 Å². The molecule has 8 heteroatoms. The van der Waals surface area contributed by atoms with Gasteiger partial charge in [0.2, 0.25) is 0 Å². The standard InChI is InChI=1S/C14H15N3O4S/c15-12(19)8-21-11-4-2-1-3-10(11)13(20)17-14-16-7-9(22-14)5-6-18/h1-4,7,18H,5-6,8H2,(H2,15,19)(H,16,17,20). The van der Waals surface area contributed by atoms with E-state index < -0.39 is 11.8 Å². The number of hydrogen-bond acceptors (Lipinski definition) is 6. The number of para-hydroxylation sites is 1. The molecule has 0 saturated carbocycles. The van der Waals surface area contributed by atoms with Gasteiger partial charge in [-0.2, -0.15) is 0 Å². The summed E-state index contributed by atoms with van der Waals surface area (Å²) in [7, 11) is 0. The molecule has 1 heterocycles. The van der Waals surface area contributed by atoms with E-state index >= 15 is 0 Å². The van der Waals surface area contributed by atoms with Crippen molar-refractivity contribution in [2.75, 3.05) is 18.5 Å². The second kappa shape index (κ2) is 7.53. The number of carbonyl (C=O) groups is 2. The van der Waals surface area contributed by atoms with Crippen molar-refractivity contribution in [3.05, 3.63) is 40.9 Å². The number of thiazole rings is 1. The third-order valence-electron chi connectivity index (χ3n) is 2.63. The molecule has 2 rings (SSSR count). The summed E-state index contributed by atoms with van der Waals surface area (Å²) >= 11 is 1.29. The zero-order chi connectivity index (χ0) is 15.9. The minimum atomic E-state index is -0.622. The predicted octanol–water partition coefficient (Wildman–Crippen LogP) is 0.794. The van der Waals surface area contributed by atoms with E-state index in [1.54, 1.807) is 30.5 Å². The van der Waals surface area contributed by atoms with Crippen LogP contribution in [0, 0.1) is 0 Å². The zero-order valence-electron chi connectivity index (χ0n) is 11.6. The van der Waals surface area contributed by atoms with Crippen LogP contribution in [0.25, 0.3) is 0 Å². The average Bonchev–Trinajstić information content (AvgIpc) is 2.93. The lowest BCUT2D eigenvalue weighted by Gasteiger charge is -2.09. The van der Waals surface area contributed by atoms with Crippen molar-refractivity contribution in [3.63, 3.8) is 0 Å². The van der Waals surface area contributed by atoms with Gasteiger partial charge in [0.1, 0.15) is 5.75 Å². The number of benzene rings is 1. The van der Waals surface area contributed by atoms with Crippen LogP contribution in [-0.2, 0) is 11.2 Å².